The van der Waals surface area contributed by atoms with E-state index in [1.807, 2.05) is 0 Å². The molecule has 0 saturated carbocycles. The molecule has 4 rings (SSSR count). The molecule has 4 aromatic carbocycles. The van der Waals surface area contributed by atoms with E-state index in [4.69, 9.17) is 4.74 Å². The van der Waals surface area contributed by atoms with Gasteiger partial charge in [-0.1, -0.05) is 142 Å². The van der Waals surface area contributed by atoms with Crippen molar-refractivity contribution in [2.75, 3.05) is 6.61 Å². The summed E-state index contributed by atoms with van der Waals surface area (Å²) in [5.74, 6) is 0.945. The van der Waals surface area contributed by atoms with E-state index in [2.05, 4.69) is 122 Å². The summed E-state index contributed by atoms with van der Waals surface area (Å²) < 4.78 is 6.10. The lowest BCUT2D eigenvalue weighted by atomic mass is 9.65. The van der Waals surface area contributed by atoms with Crippen molar-refractivity contribution in [3.8, 4) is 5.75 Å². The molecule has 1 heteroatoms. The standard InChI is InChI=1S/C33H36O/c1-2-3-4-5-6-16-27-34-32-25-23-31(24-26-32)33(28-17-10-7-11-18-28,29-19-12-8-13-20-29)30-21-14-9-15-22-30/h7-15,17-26H,2-6,16,27H2,1H3. The van der Waals surface area contributed by atoms with Gasteiger partial charge in [0.1, 0.15) is 5.75 Å². The van der Waals surface area contributed by atoms with Crippen LogP contribution in [-0.4, -0.2) is 6.61 Å². The Labute approximate surface area is 205 Å². The molecule has 0 radical (unpaired) electrons. The van der Waals surface area contributed by atoms with Gasteiger partial charge in [-0.3, -0.25) is 0 Å². The lowest BCUT2D eigenvalue weighted by molar-refractivity contribution is 0.304. The molecule has 0 aliphatic rings. The summed E-state index contributed by atoms with van der Waals surface area (Å²) in [5, 5.41) is 0. The predicted octanol–water partition coefficient (Wildman–Crippen LogP) is 8.81. The Bertz CT molecular complexity index is 989. The summed E-state index contributed by atoms with van der Waals surface area (Å²) in [5.41, 5.74) is 4.61. The predicted molar refractivity (Wildman–Crippen MR) is 144 cm³/mol. The van der Waals surface area contributed by atoms with Crippen LogP contribution in [0.2, 0.25) is 0 Å². The SMILES string of the molecule is CCCCCCCCOc1ccc(C(c2ccccc2)(c2ccccc2)c2ccccc2)cc1. The molecule has 0 atom stereocenters. The van der Waals surface area contributed by atoms with Gasteiger partial charge in [0.25, 0.3) is 0 Å². The van der Waals surface area contributed by atoms with Gasteiger partial charge in [-0.25, -0.2) is 0 Å². The highest BCUT2D eigenvalue weighted by molar-refractivity contribution is 5.60. The van der Waals surface area contributed by atoms with E-state index in [0.717, 1.165) is 18.8 Å². The van der Waals surface area contributed by atoms with Gasteiger partial charge < -0.3 is 4.74 Å². The molecule has 0 aliphatic heterocycles. The normalized spacial score (nSPS) is 11.3. The number of hydrogen-bond acceptors (Lipinski definition) is 1. The van der Waals surface area contributed by atoms with Gasteiger partial charge >= 0.3 is 0 Å². The summed E-state index contributed by atoms with van der Waals surface area (Å²) in [6.07, 6.45) is 7.65. The summed E-state index contributed by atoms with van der Waals surface area (Å²) >= 11 is 0. The summed E-state index contributed by atoms with van der Waals surface area (Å²) in [4.78, 5) is 0. The van der Waals surface area contributed by atoms with E-state index in [0.29, 0.717) is 0 Å². The topological polar surface area (TPSA) is 9.23 Å². The minimum Gasteiger partial charge on any atom is -0.494 e. The second kappa shape index (κ2) is 12.2. The summed E-state index contributed by atoms with van der Waals surface area (Å²) in [7, 11) is 0. The number of ether oxygens (including phenoxy) is 1. The number of unbranched alkanes of at least 4 members (excludes halogenated alkanes) is 5. The Kier molecular flexibility index (Phi) is 8.57. The molecule has 0 unspecified atom stereocenters. The first kappa shape index (κ1) is 23.8. The van der Waals surface area contributed by atoms with E-state index in [9.17, 15) is 0 Å². The van der Waals surface area contributed by atoms with Crippen molar-refractivity contribution in [3.05, 3.63) is 138 Å². The third-order valence-electron chi connectivity index (χ3n) is 6.67. The van der Waals surface area contributed by atoms with Crippen LogP contribution in [-0.2, 0) is 5.41 Å². The van der Waals surface area contributed by atoms with Gasteiger partial charge in [0.05, 0.1) is 12.0 Å². The highest BCUT2D eigenvalue weighted by Gasteiger charge is 2.38. The molecule has 1 nitrogen and oxygen atoms in total. The molecule has 4 aromatic rings. The molecule has 0 aliphatic carbocycles. The zero-order valence-electron chi connectivity index (χ0n) is 20.3. The van der Waals surface area contributed by atoms with Crippen LogP contribution in [0.1, 0.15) is 67.7 Å². The fraction of sp³-hybridized carbons (Fsp3) is 0.273. The number of hydrogen-bond donors (Lipinski definition) is 0. The monoisotopic (exact) mass is 448 g/mol. The maximum Gasteiger partial charge on any atom is 0.119 e. The van der Waals surface area contributed by atoms with Gasteiger partial charge in [0.2, 0.25) is 0 Å². The Hall–Kier alpha value is -3.32. The molecule has 0 amide bonds. The van der Waals surface area contributed by atoms with Crippen LogP contribution in [0, 0.1) is 0 Å². The molecule has 0 N–H and O–H groups in total. The molecule has 0 fully saturated rings. The smallest absolute Gasteiger partial charge is 0.119 e. The lowest BCUT2D eigenvalue weighted by Crippen LogP contribution is -2.30. The highest BCUT2D eigenvalue weighted by Crippen LogP contribution is 2.45. The van der Waals surface area contributed by atoms with Crippen molar-refractivity contribution in [2.24, 2.45) is 0 Å². The van der Waals surface area contributed by atoms with E-state index < -0.39 is 5.41 Å². The van der Waals surface area contributed by atoms with E-state index in [-0.39, 0.29) is 0 Å². The zero-order chi connectivity index (χ0) is 23.5. The third kappa shape index (κ3) is 5.42. The fourth-order valence-electron chi connectivity index (χ4n) is 4.94. The Morgan fingerprint density at radius 3 is 1.35 bits per heavy atom. The molecule has 0 heterocycles. The van der Waals surface area contributed by atoms with E-state index in [1.165, 1.54) is 54.4 Å². The molecule has 0 aromatic heterocycles. The van der Waals surface area contributed by atoms with Crippen LogP contribution in [0.3, 0.4) is 0 Å². The van der Waals surface area contributed by atoms with Crippen molar-refractivity contribution in [3.63, 3.8) is 0 Å². The molecule has 0 spiro atoms. The van der Waals surface area contributed by atoms with Crippen LogP contribution in [0.25, 0.3) is 0 Å². The van der Waals surface area contributed by atoms with Crippen molar-refractivity contribution in [1.29, 1.82) is 0 Å². The molecular formula is C33H36O. The first-order chi connectivity index (χ1) is 16.9. The van der Waals surface area contributed by atoms with Crippen molar-refractivity contribution in [2.45, 2.75) is 50.9 Å². The maximum absolute atomic E-state index is 6.10. The Morgan fingerprint density at radius 2 is 0.882 bits per heavy atom. The molecule has 0 saturated heterocycles. The van der Waals surface area contributed by atoms with Crippen LogP contribution >= 0.6 is 0 Å². The van der Waals surface area contributed by atoms with Crippen LogP contribution in [0.4, 0.5) is 0 Å². The van der Waals surface area contributed by atoms with Crippen LogP contribution < -0.4 is 4.74 Å². The number of rotatable bonds is 12. The van der Waals surface area contributed by atoms with Crippen molar-refractivity contribution >= 4 is 0 Å². The Balaban J connectivity index is 1.65. The van der Waals surface area contributed by atoms with Gasteiger partial charge in [-0.2, -0.15) is 0 Å². The fourth-order valence-corrected chi connectivity index (χ4v) is 4.94. The highest BCUT2D eigenvalue weighted by atomic mass is 16.5. The van der Waals surface area contributed by atoms with E-state index in [1.54, 1.807) is 0 Å². The molecule has 34 heavy (non-hydrogen) atoms. The van der Waals surface area contributed by atoms with Gasteiger partial charge in [-0.05, 0) is 40.8 Å². The zero-order valence-corrected chi connectivity index (χ0v) is 20.3. The molecule has 174 valence electrons. The third-order valence-corrected chi connectivity index (χ3v) is 6.67. The average Bonchev–Trinajstić information content (AvgIpc) is 2.91. The first-order valence-corrected chi connectivity index (χ1v) is 12.8. The lowest BCUT2D eigenvalue weighted by Gasteiger charge is -2.36. The van der Waals surface area contributed by atoms with Crippen molar-refractivity contribution in [1.82, 2.24) is 0 Å². The minimum atomic E-state index is -0.401. The van der Waals surface area contributed by atoms with Crippen LogP contribution in [0.15, 0.2) is 115 Å². The second-order valence-corrected chi connectivity index (χ2v) is 8.99. The largest absolute Gasteiger partial charge is 0.494 e. The van der Waals surface area contributed by atoms with Crippen molar-refractivity contribution < 1.29 is 4.74 Å². The quantitative estimate of drug-likeness (QED) is 0.155. The second-order valence-electron chi connectivity index (χ2n) is 8.99. The Morgan fingerprint density at radius 1 is 0.471 bits per heavy atom. The van der Waals surface area contributed by atoms with Gasteiger partial charge in [0, 0.05) is 0 Å². The molecular weight excluding hydrogens is 412 g/mol. The van der Waals surface area contributed by atoms with Crippen LogP contribution in [0.5, 0.6) is 5.75 Å². The summed E-state index contributed by atoms with van der Waals surface area (Å²) in [6.45, 7) is 3.04. The maximum atomic E-state index is 6.10. The van der Waals surface area contributed by atoms with Gasteiger partial charge in [-0.15, -0.1) is 0 Å². The number of benzene rings is 4. The molecule has 0 bridgehead atoms. The summed E-state index contributed by atoms with van der Waals surface area (Å²) in [6, 6.07) is 41.2. The van der Waals surface area contributed by atoms with E-state index >= 15 is 0 Å². The minimum absolute atomic E-state index is 0.401. The average molecular weight is 449 g/mol. The first-order valence-electron chi connectivity index (χ1n) is 12.8. The van der Waals surface area contributed by atoms with Gasteiger partial charge in [0.15, 0.2) is 0 Å².